The second kappa shape index (κ2) is 9.42. The molecular weight excluding hydrogens is 398 g/mol. The first-order chi connectivity index (χ1) is 14.8. The molecule has 2 N–H and O–H groups in total. The molecule has 0 aliphatic carbocycles. The van der Waals surface area contributed by atoms with Gasteiger partial charge in [0, 0.05) is 5.69 Å². The average molecular weight is 423 g/mol. The van der Waals surface area contributed by atoms with Crippen LogP contribution in [0.5, 0.6) is 0 Å². The van der Waals surface area contributed by atoms with Gasteiger partial charge in [0.2, 0.25) is 0 Å². The molecule has 0 aromatic heterocycles. The van der Waals surface area contributed by atoms with Gasteiger partial charge in [0.05, 0.1) is 0 Å². The number of urea groups is 1. The number of ether oxygens (including phenoxy) is 1. The van der Waals surface area contributed by atoms with E-state index < -0.39 is 42.5 Å². The maximum absolute atomic E-state index is 12.8. The summed E-state index contributed by atoms with van der Waals surface area (Å²) in [5.74, 6) is -1.84. The lowest BCUT2D eigenvalue weighted by Crippen LogP contribution is -2.44. The molecule has 1 aliphatic heterocycles. The van der Waals surface area contributed by atoms with Crippen LogP contribution in [0.2, 0.25) is 0 Å². The van der Waals surface area contributed by atoms with Gasteiger partial charge < -0.3 is 15.4 Å². The highest BCUT2D eigenvalue weighted by molar-refractivity contribution is 6.08. The van der Waals surface area contributed by atoms with Gasteiger partial charge in [-0.05, 0) is 49.9 Å². The fraction of sp³-hybridized carbons (Fsp3) is 0.304. The van der Waals surface area contributed by atoms with Crippen LogP contribution < -0.4 is 10.6 Å². The number of carbonyl (C=O) groups is 4. The molecule has 0 bridgehead atoms. The summed E-state index contributed by atoms with van der Waals surface area (Å²) in [6.45, 7) is 2.46. The van der Waals surface area contributed by atoms with Crippen LogP contribution in [-0.2, 0) is 25.5 Å². The quantitative estimate of drug-likeness (QED) is 0.501. The van der Waals surface area contributed by atoms with Crippen LogP contribution in [0.15, 0.2) is 54.6 Å². The highest BCUT2D eigenvalue weighted by atomic mass is 16.5. The largest absolute Gasteiger partial charge is 0.454 e. The van der Waals surface area contributed by atoms with Crippen LogP contribution >= 0.6 is 0 Å². The van der Waals surface area contributed by atoms with E-state index in [1.54, 1.807) is 25.1 Å². The Morgan fingerprint density at radius 1 is 1.10 bits per heavy atom. The number of nitrogens with one attached hydrogen (secondary N) is 2. The summed E-state index contributed by atoms with van der Waals surface area (Å²) >= 11 is 0. The molecule has 1 heterocycles. The number of hydrogen-bond donors (Lipinski definition) is 2. The fourth-order valence-corrected chi connectivity index (χ4v) is 3.34. The summed E-state index contributed by atoms with van der Waals surface area (Å²) in [5.41, 5.74) is 1.51. The van der Waals surface area contributed by atoms with Crippen LogP contribution in [0.25, 0.3) is 0 Å². The first kappa shape index (κ1) is 22.0. The van der Waals surface area contributed by atoms with Crippen molar-refractivity contribution in [3.8, 4) is 0 Å². The van der Waals surface area contributed by atoms with E-state index in [1.165, 1.54) is 0 Å². The smallest absolute Gasteiger partial charge is 0.326 e. The van der Waals surface area contributed by atoms with Gasteiger partial charge in [-0.3, -0.25) is 19.3 Å². The zero-order valence-electron chi connectivity index (χ0n) is 17.5. The Morgan fingerprint density at radius 2 is 1.84 bits per heavy atom. The lowest BCUT2D eigenvalue weighted by Gasteiger charge is -2.21. The topological polar surface area (TPSA) is 105 Å². The molecule has 8 heteroatoms. The maximum Gasteiger partial charge on any atom is 0.326 e. The fourth-order valence-electron chi connectivity index (χ4n) is 3.34. The number of nitrogens with zero attached hydrogens (tertiary/aromatic N) is 1. The molecule has 162 valence electrons. The van der Waals surface area contributed by atoms with E-state index in [0.717, 1.165) is 16.0 Å². The molecule has 2 aromatic rings. The zero-order valence-corrected chi connectivity index (χ0v) is 17.5. The molecule has 1 atom stereocenters. The molecule has 8 nitrogen and oxygen atoms in total. The minimum atomic E-state index is -1.10. The van der Waals surface area contributed by atoms with Gasteiger partial charge in [-0.2, -0.15) is 0 Å². The molecule has 0 radical (unpaired) electrons. The van der Waals surface area contributed by atoms with E-state index in [9.17, 15) is 19.2 Å². The lowest BCUT2D eigenvalue weighted by atomic mass is 9.93. The lowest BCUT2D eigenvalue weighted by molar-refractivity contribution is -0.150. The van der Waals surface area contributed by atoms with Crippen LogP contribution in [0, 0.1) is 6.92 Å². The predicted octanol–water partition coefficient (Wildman–Crippen LogP) is 2.42. The number of anilines is 1. The first-order valence-electron chi connectivity index (χ1n) is 9.97. The van der Waals surface area contributed by atoms with Gasteiger partial charge in [-0.25, -0.2) is 4.79 Å². The van der Waals surface area contributed by atoms with Crippen molar-refractivity contribution in [1.29, 1.82) is 0 Å². The van der Waals surface area contributed by atoms with Gasteiger partial charge in [0.15, 0.2) is 6.61 Å². The summed E-state index contributed by atoms with van der Waals surface area (Å²) in [4.78, 5) is 49.9. The van der Waals surface area contributed by atoms with Crippen molar-refractivity contribution < 1.29 is 23.9 Å². The first-order valence-corrected chi connectivity index (χ1v) is 9.97. The Kier molecular flexibility index (Phi) is 6.69. The number of imide groups is 1. The monoisotopic (exact) mass is 423 g/mol. The Labute approximate surface area is 180 Å². The molecule has 1 saturated heterocycles. The number of rotatable bonds is 8. The highest BCUT2D eigenvalue weighted by Crippen LogP contribution is 2.23. The van der Waals surface area contributed by atoms with Gasteiger partial charge in [0.1, 0.15) is 12.1 Å². The number of benzene rings is 2. The predicted molar refractivity (Wildman–Crippen MR) is 114 cm³/mol. The third-order valence-corrected chi connectivity index (χ3v) is 5.05. The number of hydrogen-bond acceptors (Lipinski definition) is 5. The molecule has 4 amide bonds. The van der Waals surface area contributed by atoms with Crippen molar-refractivity contribution in [3.05, 3.63) is 65.7 Å². The van der Waals surface area contributed by atoms with Crippen LogP contribution in [0.4, 0.5) is 10.5 Å². The SMILES string of the molecule is Cc1cccc(NC(=O)COC(=O)CN2C(=O)N[C@@](C)(CCc3ccccc3)C2=O)c1. The molecule has 0 spiro atoms. The summed E-state index contributed by atoms with van der Waals surface area (Å²) in [6, 6.07) is 16.1. The zero-order chi connectivity index (χ0) is 22.4. The summed E-state index contributed by atoms with van der Waals surface area (Å²) < 4.78 is 4.94. The minimum absolute atomic E-state index is 0.395. The average Bonchev–Trinajstić information content (AvgIpc) is 2.95. The van der Waals surface area contributed by atoms with Crippen LogP contribution in [-0.4, -0.2) is 47.4 Å². The molecular formula is C23H25N3O5. The Hall–Kier alpha value is -3.68. The van der Waals surface area contributed by atoms with Crippen molar-refractivity contribution >= 4 is 29.5 Å². The van der Waals surface area contributed by atoms with Crippen LogP contribution in [0.3, 0.4) is 0 Å². The minimum Gasteiger partial charge on any atom is -0.454 e. The molecule has 0 saturated carbocycles. The Bertz CT molecular complexity index is 992. The van der Waals surface area contributed by atoms with Crippen molar-refractivity contribution in [2.45, 2.75) is 32.2 Å². The Morgan fingerprint density at radius 3 is 2.55 bits per heavy atom. The molecule has 3 rings (SSSR count). The van der Waals surface area contributed by atoms with E-state index in [-0.39, 0.29) is 0 Å². The molecule has 1 aliphatic rings. The highest BCUT2D eigenvalue weighted by Gasteiger charge is 2.48. The normalized spacial score (nSPS) is 17.9. The van der Waals surface area contributed by atoms with Crippen molar-refractivity contribution in [2.24, 2.45) is 0 Å². The van der Waals surface area contributed by atoms with Gasteiger partial charge >= 0.3 is 12.0 Å². The van der Waals surface area contributed by atoms with Crippen molar-refractivity contribution in [3.63, 3.8) is 0 Å². The van der Waals surface area contributed by atoms with E-state index in [4.69, 9.17) is 4.74 Å². The molecule has 0 unspecified atom stereocenters. The molecule has 2 aromatic carbocycles. The summed E-state index contributed by atoms with van der Waals surface area (Å²) in [6.07, 6.45) is 0.993. The second-order valence-electron chi connectivity index (χ2n) is 7.72. The number of aryl methyl sites for hydroxylation is 2. The number of esters is 1. The third kappa shape index (κ3) is 5.69. The number of amides is 4. The van der Waals surface area contributed by atoms with E-state index >= 15 is 0 Å². The summed E-state index contributed by atoms with van der Waals surface area (Å²) in [5, 5.41) is 5.28. The maximum atomic E-state index is 12.8. The third-order valence-electron chi connectivity index (χ3n) is 5.05. The molecule has 31 heavy (non-hydrogen) atoms. The standard InChI is InChI=1S/C23H25N3O5/c1-16-7-6-10-18(13-16)24-19(27)15-31-20(28)14-26-21(29)23(2,25-22(26)30)12-11-17-8-4-3-5-9-17/h3-10,13H,11-12,14-15H2,1-2H3,(H,24,27)(H,25,30)/t23-/m0/s1. The van der Waals surface area contributed by atoms with Gasteiger partial charge in [-0.1, -0.05) is 42.5 Å². The Balaban J connectivity index is 1.49. The van der Waals surface area contributed by atoms with Crippen molar-refractivity contribution in [1.82, 2.24) is 10.2 Å². The number of carbonyl (C=O) groups excluding carboxylic acids is 4. The second-order valence-corrected chi connectivity index (χ2v) is 7.72. The summed E-state index contributed by atoms with van der Waals surface area (Å²) in [7, 11) is 0. The van der Waals surface area contributed by atoms with E-state index in [0.29, 0.717) is 18.5 Å². The van der Waals surface area contributed by atoms with Crippen molar-refractivity contribution in [2.75, 3.05) is 18.5 Å². The molecule has 1 fully saturated rings. The van der Waals surface area contributed by atoms with Gasteiger partial charge in [-0.15, -0.1) is 0 Å². The van der Waals surface area contributed by atoms with Gasteiger partial charge in [0.25, 0.3) is 11.8 Å². The van der Waals surface area contributed by atoms with E-state index in [2.05, 4.69) is 10.6 Å². The van der Waals surface area contributed by atoms with E-state index in [1.807, 2.05) is 43.3 Å². The van der Waals surface area contributed by atoms with Crippen LogP contribution in [0.1, 0.15) is 24.5 Å².